The van der Waals surface area contributed by atoms with Gasteiger partial charge in [-0.05, 0) is 32.4 Å². The fourth-order valence-corrected chi connectivity index (χ4v) is 4.71. The van der Waals surface area contributed by atoms with Gasteiger partial charge >= 0.3 is 5.97 Å². The van der Waals surface area contributed by atoms with Crippen molar-refractivity contribution in [3.05, 3.63) is 40.5 Å². The van der Waals surface area contributed by atoms with Gasteiger partial charge in [-0.25, -0.2) is 0 Å². The Kier molecular flexibility index (Phi) is 3.52. The highest BCUT2D eigenvalue weighted by atomic mass is 16.7. The lowest BCUT2D eigenvalue weighted by Gasteiger charge is -2.53. The van der Waals surface area contributed by atoms with Crippen molar-refractivity contribution < 1.29 is 28.6 Å². The molecule has 0 N–H and O–H groups in total. The van der Waals surface area contributed by atoms with E-state index in [4.69, 9.17) is 14.2 Å². The lowest BCUT2D eigenvalue weighted by Crippen LogP contribution is -2.57. The second-order valence-corrected chi connectivity index (χ2v) is 7.61. The SMILES string of the molecule is CC(=O)Oc1cccc2c1C(=O)C1=C(C=O)CC3OC(C)(C)OC2(C)C13. The highest BCUT2D eigenvalue weighted by Crippen LogP contribution is 2.58. The summed E-state index contributed by atoms with van der Waals surface area (Å²) in [5.41, 5.74) is 0.917. The van der Waals surface area contributed by atoms with Crippen LogP contribution in [0.3, 0.4) is 0 Å². The number of hydrogen-bond acceptors (Lipinski definition) is 6. The lowest BCUT2D eigenvalue weighted by atomic mass is 9.67. The Morgan fingerprint density at radius 2 is 2.04 bits per heavy atom. The molecular weight excluding hydrogens is 336 g/mol. The van der Waals surface area contributed by atoms with Gasteiger partial charge in [0.05, 0.1) is 11.7 Å². The highest BCUT2D eigenvalue weighted by molar-refractivity contribution is 6.16. The Hall–Kier alpha value is -2.31. The molecule has 0 radical (unpaired) electrons. The number of aldehydes is 1. The van der Waals surface area contributed by atoms with Crippen LogP contribution in [0.2, 0.25) is 0 Å². The summed E-state index contributed by atoms with van der Waals surface area (Å²) in [5, 5.41) is 0. The van der Waals surface area contributed by atoms with Crippen LogP contribution in [0.15, 0.2) is 29.3 Å². The average molecular weight is 356 g/mol. The monoisotopic (exact) mass is 356 g/mol. The number of carbonyl (C=O) groups excluding carboxylic acids is 3. The summed E-state index contributed by atoms with van der Waals surface area (Å²) < 4.78 is 17.6. The number of rotatable bonds is 2. The van der Waals surface area contributed by atoms with Gasteiger partial charge in [0.1, 0.15) is 17.6 Å². The van der Waals surface area contributed by atoms with Crippen LogP contribution in [0, 0.1) is 5.92 Å². The molecule has 3 unspecified atom stereocenters. The van der Waals surface area contributed by atoms with E-state index < -0.39 is 17.4 Å². The summed E-state index contributed by atoms with van der Waals surface area (Å²) in [7, 11) is 0. The van der Waals surface area contributed by atoms with Crippen LogP contribution in [-0.2, 0) is 24.7 Å². The number of carbonyl (C=O) groups is 3. The minimum absolute atomic E-state index is 0.189. The van der Waals surface area contributed by atoms with Crippen molar-refractivity contribution in [2.24, 2.45) is 5.92 Å². The molecule has 1 saturated heterocycles. The number of hydrogen-bond donors (Lipinski definition) is 0. The van der Waals surface area contributed by atoms with Gasteiger partial charge in [-0.15, -0.1) is 0 Å². The molecule has 0 saturated carbocycles. The van der Waals surface area contributed by atoms with Crippen molar-refractivity contribution in [1.82, 2.24) is 0 Å². The fourth-order valence-electron chi connectivity index (χ4n) is 4.71. The van der Waals surface area contributed by atoms with Gasteiger partial charge in [-0.2, -0.15) is 0 Å². The second-order valence-electron chi connectivity index (χ2n) is 7.61. The van der Waals surface area contributed by atoms with E-state index >= 15 is 0 Å². The molecule has 1 aromatic carbocycles. The molecule has 0 spiro atoms. The predicted molar refractivity (Wildman–Crippen MR) is 90.7 cm³/mol. The molecule has 1 aromatic rings. The Morgan fingerprint density at radius 1 is 1.31 bits per heavy atom. The van der Waals surface area contributed by atoms with Crippen molar-refractivity contribution in [2.75, 3.05) is 0 Å². The molecule has 0 amide bonds. The first kappa shape index (κ1) is 17.1. The van der Waals surface area contributed by atoms with Crippen molar-refractivity contribution in [2.45, 2.75) is 51.6 Å². The summed E-state index contributed by atoms with van der Waals surface area (Å²) in [6.45, 7) is 6.83. The number of ether oxygens (including phenoxy) is 3. The molecule has 0 bridgehead atoms. The van der Waals surface area contributed by atoms with Crippen LogP contribution in [0.4, 0.5) is 0 Å². The Balaban J connectivity index is 2.01. The van der Waals surface area contributed by atoms with E-state index in [1.807, 2.05) is 26.8 Å². The Labute approximate surface area is 151 Å². The van der Waals surface area contributed by atoms with Crippen molar-refractivity contribution in [3.63, 3.8) is 0 Å². The van der Waals surface area contributed by atoms with E-state index in [0.29, 0.717) is 23.1 Å². The van der Waals surface area contributed by atoms with Crippen LogP contribution in [-0.4, -0.2) is 29.9 Å². The van der Waals surface area contributed by atoms with E-state index in [0.717, 1.165) is 6.29 Å². The average Bonchev–Trinajstić information content (AvgIpc) is 2.90. The van der Waals surface area contributed by atoms with E-state index in [1.54, 1.807) is 12.1 Å². The number of Topliss-reactive ketones (excluding diaryl/α,β-unsaturated/α-hetero) is 1. The summed E-state index contributed by atoms with van der Waals surface area (Å²) in [5.74, 6) is -1.87. The Bertz CT molecular complexity index is 880. The van der Waals surface area contributed by atoms with Crippen LogP contribution < -0.4 is 4.74 Å². The summed E-state index contributed by atoms with van der Waals surface area (Å²) in [6, 6.07) is 5.13. The Morgan fingerprint density at radius 3 is 2.69 bits per heavy atom. The van der Waals surface area contributed by atoms with E-state index in [9.17, 15) is 14.4 Å². The quantitative estimate of drug-likeness (QED) is 0.461. The van der Waals surface area contributed by atoms with Crippen LogP contribution >= 0.6 is 0 Å². The van der Waals surface area contributed by atoms with Gasteiger partial charge in [0.25, 0.3) is 0 Å². The van der Waals surface area contributed by atoms with Crippen molar-refractivity contribution in [1.29, 1.82) is 0 Å². The fraction of sp³-hybridized carbons (Fsp3) is 0.450. The smallest absolute Gasteiger partial charge is 0.308 e. The molecule has 6 nitrogen and oxygen atoms in total. The van der Waals surface area contributed by atoms with Gasteiger partial charge in [0.15, 0.2) is 11.6 Å². The maximum Gasteiger partial charge on any atom is 0.308 e. The molecule has 4 rings (SSSR count). The standard InChI is InChI=1S/C20H20O6/c1-10(22)24-13-7-5-6-12-16(13)18(23)15-11(9-21)8-14-17(15)20(12,4)26-19(2,3)25-14/h5-7,9,14,17H,8H2,1-4H3. The van der Waals surface area contributed by atoms with Crippen LogP contribution in [0.1, 0.15) is 50.0 Å². The van der Waals surface area contributed by atoms with Crippen molar-refractivity contribution in [3.8, 4) is 5.75 Å². The van der Waals surface area contributed by atoms with Gasteiger partial charge in [-0.3, -0.25) is 14.4 Å². The molecule has 1 aliphatic heterocycles. The van der Waals surface area contributed by atoms with Crippen LogP contribution in [0.5, 0.6) is 5.75 Å². The summed E-state index contributed by atoms with van der Waals surface area (Å²) in [4.78, 5) is 36.4. The molecule has 1 heterocycles. The first-order valence-electron chi connectivity index (χ1n) is 8.61. The molecule has 6 heteroatoms. The third-order valence-corrected chi connectivity index (χ3v) is 5.36. The minimum Gasteiger partial charge on any atom is -0.426 e. The third-order valence-electron chi connectivity index (χ3n) is 5.36. The number of ketones is 1. The first-order valence-corrected chi connectivity index (χ1v) is 8.61. The number of fused-ring (bicyclic) bond motifs is 2. The molecule has 26 heavy (non-hydrogen) atoms. The minimum atomic E-state index is -0.880. The van der Waals surface area contributed by atoms with Gasteiger partial charge < -0.3 is 14.2 Å². The van der Waals surface area contributed by atoms with Gasteiger partial charge in [0.2, 0.25) is 0 Å². The van der Waals surface area contributed by atoms with Crippen LogP contribution in [0.25, 0.3) is 0 Å². The topological polar surface area (TPSA) is 78.9 Å². The van der Waals surface area contributed by atoms with E-state index in [2.05, 4.69) is 0 Å². The van der Waals surface area contributed by atoms with E-state index in [1.165, 1.54) is 6.92 Å². The molecule has 3 atom stereocenters. The number of esters is 1. The molecule has 3 aliphatic rings. The van der Waals surface area contributed by atoms with Crippen molar-refractivity contribution >= 4 is 18.0 Å². The van der Waals surface area contributed by atoms with Gasteiger partial charge in [0, 0.05) is 30.4 Å². The maximum absolute atomic E-state index is 13.3. The zero-order chi connectivity index (χ0) is 18.9. The third kappa shape index (κ3) is 2.22. The maximum atomic E-state index is 13.3. The van der Waals surface area contributed by atoms with Gasteiger partial charge in [-0.1, -0.05) is 12.1 Å². The molecule has 1 fully saturated rings. The normalized spacial score (nSPS) is 31.3. The zero-order valence-corrected chi connectivity index (χ0v) is 15.1. The van der Waals surface area contributed by atoms with E-state index in [-0.39, 0.29) is 29.1 Å². The summed E-state index contributed by atoms with van der Waals surface area (Å²) >= 11 is 0. The summed E-state index contributed by atoms with van der Waals surface area (Å²) in [6.07, 6.45) is 0.782. The molecular formula is C20H20O6. The predicted octanol–water partition coefficient (Wildman–Crippen LogP) is 2.69. The number of benzene rings is 1. The molecule has 2 aliphatic carbocycles. The zero-order valence-electron chi connectivity index (χ0n) is 15.1. The lowest BCUT2D eigenvalue weighted by molar-refractivity contribution is -0.349. The molecule has 0 aromatic heterocycles. The molecule has 136 valence electrons. The first-order chi connectivity index (χ1) is 12.2. The largest absolute Gasteiger partial charge is 0.426 e. The highest BCUT2D eigenvalue weighted by Gasteiger charge is 2.61. The second kappa shape index (κ2) is 5.34.